The number of benzene rings is 1. The van der Waals surface area contributed by atoms with Crippen LogP contribution in [0, 0.1) is 0 Å². The van der Waals surface area contributed by atoms with Crippen LogP contribution in [0.2, 0.25) is 0 Å². The summed E-state index contributed by atoms with van der Waals surface area (Å²) in [5.74, 6) is -1.73. The molecule has 1 amide bonds. The lowest BCUT2D eigenvalue weighted by atomic mass is 10.1. The van der Waals surface area contributed by atoms with E-state index in [-0.39, 0.29) is 29.6 Å². The van der Waals surface area contributed by atoms with Gasteiger partial charge in [0.05, 0.1) is 17.4 Å². The number of fused-ring (bicyclic) bond motifs is 1. The molecule has 0 saturated carbocycles. The van der Waals surface area contributed by atoms with E-state index in [1.54, 1.807) is 6.92 Å². The predicted molar refractivity (Wildman–Crippen MR) is 85.3 cm³/mol. The molecule has 128 valence electrons. The molecule has 2 aromatic rings. The summed E-state index contributed by atoms with van der Waals surface area (Å²) in [7, 11) is 1.23. The van der Waals surface area contributed by atoms with Crippen LogP contribution in [0.15, 0.2) is 27.8 Å². The lowest BCUT2D eigenvalue weighted by molar-refractivity contribution is -0.148. The number of methoxy groups -OCH3 is 1. The minimum Gasteiger partial charge on any atom is -0.479 e. The van der Waals surface area contributed by atoms with Gasteiger partial charge in [-0.3, -0.25) is 14.2 Å². The van der Waals surface area contributed by atoms with Crippen molar-refractivity contribution in [3.05, 3.63) is 44.6 Å². The van der Waals surface area contributed by atoms with Gasteiger partial charge in [0.15, 0.2) is 6.10 Å². The number of carbonyl (C=O) groups is 2. The lowest BCUT2D eigenvalue weighted by Gasteiger charge is -2.12. The quantitative estimate of drug-likeness (QED) is 0.655. The van der Waals surface area contributed by atoms with Crippen molar-refractivity contribution in [2.75, 3.05) is 13.7 Å². The van der Waals surface area contributed by atoms with Crippen LogP contribution in [0.1, 0.15) is 17.3 Å². The van der Waals surface area contributed by atoms with E-state index in [9.17, 15) is 19.2 Å². The Hall–Kier alpha value is -2.94. The Balaban J connectivity index is 2.31. The molecular formula is C15H17N3O6. The van der Waals surface area contributed by atoms with Gasteiger partial charge in [-0.1, -0.05) is 0 Å². The number of H-pyrrole nitrogens is 1. The first-order chi connectivity index (χ1) is 11.4. The lowest BCUT2D eigenvalue weighted by Crippen LogP contribution is -2.38. The van der Waals surface area contributed by atoms with E-state index in [1.807, 2.05) is 0 Å². The second-order valence-electron chi connectivity index (χ2n) is 5.01. The summed E-state index contributed by atoms with van der Waals surface area (Å²) in [5, 5.41) is 11.6. The summed E-state index contributed by atoms with van der Waals surface area (Å²) in [4.78, 5) is 49.4. The summed E-state index contributed by atoms with van der Waals surface area (Å²) >= 11 is 0. The van der Waals surface area contributed by atoms with Crippen LogP contribution in [0.4, 0.5) is 0 Å². The van der Waals surface area contributed by atoms with E-state index in [0.717, 1.165) is 4.57 Å². The first kappa shape index (κ1) is 17.4. The van der Waals surface area contributed by atoms with E-state index in [4.69, 9.17) is 9.84 Å². The number of aromatic amines is 1. The Bertz CT molecular complexity index is 898. The van der Waals surface area contributed by atoms with E-state index >= 15 is 0 Å². The fourth-order valence-electron chi connectivity index (χ4n) is 2.24. The number of hydrogen-bond acceptors (Lipinski definition) is 5. The number of aromatic nitrogens is 2. The third-order valence-corrected chi connectivity index (χ3v) is 3.57. The van der Waals surface area contributed by atoms with Gasteiger partial charge in [-0.25, -0.2) is 9.59 Å². The number of carboxylic acid groups (broad SMARTS) is 1. The second kappa shape index (κ2) is 7.09. The molecule has 1 heterocycles. The van der Waals surface area contributed by atoms with E-state index in [0.29, 0.717) is 0 Å². The number of hydrogen-bond donors (Lipinski definition) is 3. The van der Waals surface area contributed by atoms with Gasteiger partial charge >= 0.3 is 11.7 Å². The fourth-order valence-corrected chi connectivity index (χ4v) is 2.24. The molecule has 0 bridgehead atoms. The SMILES string of the molecule is CCn1c(=O)[nH]c2cc(C(=O)NCC(OC)C(=O)O)ccc2c1=O. The summed E-state index contributed by atoms with van der Waals surface area (Å²) < 4.78 is 5.77. The van der Waals surface area contributed by atoms with Crippen LogP contribution in [-0.2, 0) is 16.1 Å². The zero-order valence-corrected chi connectivity index (χ0v) is 13.2. The highest BCUT2D eigenvalue weighted by atomic mass is 16.5. The van der Waals surface area contributed by atoms with E-state index < -0.39 is 29.2 Å². The normalized spacial score (nSPS) is 12.1. The molecule has 1 unspecified atom stereocenters. The van der Waals surface area contributed by atoms with Crippen molar-refractivity contribution in [3.8, 4) is 0 Å². The van der Waals surface area contributed by atoms with Gasteiger partial charge in [0.2, 0.25) is 0 Å². The molecule has 0 aliphatic rings. The standard InChI is InChI=1S/C15H17N3O6/c1-3-18-13(20)9-5-4-8(6-10(9)17-15(18)23)12(19)16-7-11(24-2)14(21)22/h4-6,11H,3,7H2,1-2H3,(H,16,19)(H,17,23)(H,21,22). The van der Waals surface area contributed by atoms with Crippen molar-refractivity contribution in [2.24, 2.45) is 0 Å². The van der Waals surface area contributed by atoms with Crippen molar-refractivity contribution in [1.29, 1.82) is 0 Å². The van der Waals surface area contributed by atoms with Crippen LogP contribution in [0.25, 0.3) is 10.9 Å². The van der Waals surface area contributed by atoms with Crippen molar-refractivity contribution in [3.63, 3.8) is 0 Å². The predicted octanol–water partition coefficient (Wildman–Crippen LogP) is -0.461. The molecule has 9 nitrogen and oxygen atoms in total. The van der Waals surface area contributed by atoms with Crippen LogP contribution >= 0.6 is 0 Å². The number of nitrogens with one attached hydrogen (secondary N) is 2. The third-order valence-electron chi connectivity index (χ3n) is 3.57. The van der Waals surface area contributed by atoms with Crippen molar-refractivity contribution >= 4 is 22.8 Å². The summed E-state index contributed by atoms with van der Waals surface area (Å²) in [5.41, 5.74) is -0.567. The molecule has 0 spiro atoms. The number of carbonyl (C=O) groups excluding carboxylic acids is 1. The van der Waals surface area contributed by atoms with Crippen LogP contribution in [0.5, 0.6) is 0 Å². The van der Waals surface area contributed by atoms with Gasteiger partial charge in [-0.2, -0.15) is 0 Å². The minimum atomic E-state index is -1.19. The maximum atomic E-state index is 12.2. The highest BCUT2D eigenvalue weighted by molar-refractivity contribution is 5.97. The Morgan fingerprint density at radius 2 is 2.08 bits per heavy atom. The number of amides is 1. The first-order valence-corrected chi connectivity index (χ1v) is 7.19. The summed E-state index contributed by atoms with van der Waals surface area (Å²) in [6.07, 6.45) is -1.16. The molecule has 2 rings (SSSR count). The Morgan fingerprint density at radius 3 is 2.67 bits per heavy atom. The van der Waals surface area contributed by atoms with Crippen LogP contribution < -0.4 is 16.6 Å². The number of ether oxygens (including phenoxy) is 1. The van der Waals surface area contributed by atoms with Gasteiger partial charge in [0, 0.05) is 19.2 Å². The average Bonchev–Trinajstić information content (AvgIpc) is 2.54. The van der Waals surface area contributed by atoms with Crippen LogP contribution in [0.3, 0.4) is 0 Å². The number of aliphatic carboxylic acids is 1. The Kier molecular flexibility index (Phi) is 5.14. The van der Waals surface area contributed by atoms with Gasteiger partial charge in [0.1, 0.15) is 0 Å². The molecule has 0 saturated heterocycles. The molecule has 0 aliphatic heterocycles. The fraction of sp³-hybridized carbons (Fsp3) is 0.333. The topological polar surface area (TPSA) is 130 Å². The molecular weight excluding hydrogens is 318 g/mol. The zero-order valence-electron chi connectivity index (χ0n) is 13.2. The van der Waals surface area contributed by atoms with Crippen molar-refractivity contribution in [2.45, 2.75) is 19.6 Å². The third kappa shape index (κ3) is 3.35. The number of nitrogens with zero attached hydrogens (tertiary/aromatic N) is 1. The molecule has 1 atom stereocenters. The monoisotopic (exact) mass is 335 g/mol. The van der Waals surface area contributed by atoms with Gasteiger partial charge in [-0.15, -0.1) is 0 Å². The molecule has 0 fully saturated rings. The molecule has 9 heteroatoms. The van der Waals surface area contributed by atoms with Crippen LogP contribution in [-0.4, -0.2) is 46.3 Å². The van der Waals surface area contributed by atoms with Crippen molar-refractivity contribution in [1.82, 2.24) is 14.9 Å². The molecule has 1 aromatic heterocycles. The molecule has 3 N–H and O–H groups in total. The second-order valence-corrected chi connectivity index (χ2v) is 5.01. The molecule has 0 radical (unpaired) electrons. The highest BCUT2D eigenvalue weighted by Crippen LogP contribution is 2.09. The number of carboxylic acids is 1. The zero-order chi connectivity index (χ0) is 17.9. The van der Waals surface area contributed by atoms with E-state index in [2.05, 4.69) is 10.3 Å². The Labute approximate surface area is 135 Å². The van der Waals surface area contributed by atoms with Gasteiger partial charge in [-0.05, 0) is 25.1 Å². The highest BCUT2D eigenvalue weighted by Gasteiger charge is 2.18. The molecule has 0 aliphatic carbocycles. The van der Waals surface area contributed by atoms with Crippen molar-refractivity contribution < 1.29 is 19.4 Å². The largest absolute Gasteiger partial charge is 0.479 e. The Morgan fingerprint density at radius 1 is 1.38 bits per heavy atom. The van der Waals surface area contributed by atoms with Gasteiger partial charge in [0.25, 0.3) is 11.5 Å². The maximum absolute atomic E-state index is 12.2. The molecule has 24 heavy (non-hydrogen) atoms. The minimum absolute atomic E-state index is 0.187. The smallest absolute Gasteiger partial charge is 0.334 e. The molecule has 1 aromatic carbocycles. The van der Waals surface area contributed by atoms with E-state index in [1.165, 1.54) is 25.3 Å². The maximum Gasteiger partial charge on any atom is 0.334 e. The average molecular weight is 335 g/mol. The summed E-state index contributed by atoms with van der Waals surface area (Å²) in [6.45, 7) is 1.70. The first-order valence-electron chi connectivity index (χ1n) is 7.19. The van der Waals surface area contributed by atoms with Gasteiger partial charge < -0.3 is 20.1 Å². The summed E-state index contributed by atoms with van der Waals surface area (Å²) in [6, 6.07) is 4.25. The number of rotatable bonds is 6.